The zero-order valence-electron chi connectivity index (χ0n) is 14.8. The van der Waals surface area contributed by atoms with Gasteiger partial charge in [-0.1, -0.05) is 29.8 Å². The van der Waals surface area contributed by atoms with Gasteiger partial charge in [-0.05, 0) is 48.5 Å². The lowest BCUT2D eigenvalue weighted by Crippen LogP contribution is -2.34. The van der Waals surface area contributed by atoms with Crippen LogP contribution in [-0.4, -0.2) is 18.6 Å². The minimum absolute atomic E-state index is 0.0819. The van der Waals surface area contributed by atoms with Crippen molar-refractivity contribution in [2.45, 2.75) is 12.5 Å². The maximum Gasteiger partial charge on any atom is 0.254 e. The maximum atomic E-state index is 13.8. The Morgan fingerprint density at radius 1 is 1.11 bits per heavy atom. The van der Waals surface area contributed by atoms with Gasteiger partial charge in [0, 0.05) is 17.0 Å². The van der Waals surface area contributed by atoms with Gasteiger partial charge in [0.05, 0.1) is 12.1 Å². The fourth-order valence-electron chi connectivity index (χ4n) is 3.07. The van der Waals surface area contributed by atoms with Crippen molar-refractivity contribution in [1.82, 2.24) is 5.32 Å². The molecule has 4 nitrogen and oxygen atoms in total. The molecule has 142 valence electrons. The molecule has 4 rings (SSSR count). The van der Waals surface area contributed by atoms with Crippen LogP contribution in [0.5, 0.6) is 17.2 Å². The van der Waals surface area contributed by atoms with E-state index in [1.54, 1.807) is 0 Å². The number of ether oxygens (including phenoxy) is 2. The minimum atomic E-state index is -0.611. The first-order chi connectivity index (χ1) is 13.6. The summed E-state index contributed by atoms with van der Waals surface area (Å²) < 4.78 is 25.5. The maximum absolute atomic E-state index is 13.8. The van der Waals surface area contributed by atoms with Gasteiger partial charge in [-0.3, -0.25) is 4.79 Å². The Bertz CT molecular complexity index is 1010. The van der Waals surface area contributed by atoms with Gasteiger partial charge < -0.3 is 14.8 Å². The lowest BCUT2D eigenvalue weighted by molar-refractivity contribution is 0.0929. The van der Waals surface area contributed by atoms with Crippen LogP contribution < -0.4 is 14.8 Å². The number of fused-ring (bicyclic) bond motifs is 1. The number of carbonyl (C=O) groups excluding carboxylic acids is 1. The van der Waals surface area contributed by atoms with Crippen molar-refractivity contribution in [3.05, 3.63) is 88.7 Å². The van der Waals surface area contributed by atoms with Crippen molar-refractivity contribution in [2.24, 2.45) is 0 Å². The smallest absolute Gasteiger partial charge is 0.254 e. The third-order valence-electron chi connectivity index (χ3n) is 4.42. The summed E-state index contributed by atoms with van der Waals surface area (Å²) in [4.78, 5) is 12.2. The molecular formula is C22H17ClFNO3. The molecule has 3 aromatic rings. The van der Waals surface area contributed by atoms with Gasteiger partial charge >= 0.3 is 0 Å². The van der Waals surface area contributed by atoms with Gasteiger partial charge in [0.1, 0.15) is 29.2 Å². The van der Waals surface area contributed by atoms with Crippen LogP contribution in [0.3, 0.4) is 0 Å². The van der Waals surface area contributed by atoms with Crippen LogP contribution in [0.15, 0.2) is 66.7 Å². The van der Waals surface area contributed by atoms with Crippen LogP contribution >= 0.6 is 11.6 Å². The Kier molecular flexibility index (Phi) is 5.17. The number of nitrogens with one attached hydrogen (secondary N) is 1. The van der Waals surface area contributed by atoms with Crippen LogP contribution in [0.1, 0.15) is 15.9 Å². The second kappa shape index (κ2) is 7.90. The normalized spacial score (nSPS) is 14.9. The van der Waals surface area contributed by atoms with E-state index in [9.17, 15) is 9.18 Å². The van der Waals surface area contributed by atoms with E-state index >= 15 is 0 Å². The van der Waals surface area contributed by atoms with Gasteiger partial charge in [-0.15, -0.1) is 0 Å². The van der Waals surface area contributed by atoms with E-state index in [0.29, 0.717) is 11.4 Å². The predicted octanol–water partition coefficient (Wildman–Crippen LogP) is 5.00. The molecule has 6 heteroatoms. The molecule has 1 aliphatic rings. The number of hydrogen-bond acceptors (Lipinski definition) is 3. The molecule has 1 atom stereocenters. The van der Waals surface area contributed by atoms with Crippen molar-refractivity contribution < 1.29 is 18.7 Å². The summed E-state index contributed by atoms with van der Waals surface area (Å²) >= 11 is 5.84. The van der Waals surface area contributed by atoms with Gasteiger partial charge in [0.25, 0.3) is 5.91 Å². The summed E-state index contributed by atoms with van der Waals surface area (Å²) in [5.74, 6) is 1.11. The summed E-state index contributed by atoms with van der Waals surface area (Å²) in [6, 6.07) is 19.0. The molecule has 0 saturated heterocycles. The quantitative estimate of drug-likeness (QED) is 0.658. The molecule has 0 fully saturated rings. The van der Waals surface area contributed by atoms with Crippen molar-refractivity contribution >= 4 is 17.5 Å². The van der Waals surface area contributed by atoms with E-state index < -0.39 is 11.7 Å². The molecule has 0 saturated carbocycles. The molecule has 1 unspecified atom stereocenters. The Hall–Kier alpha value is -3.05. The number of carbonyl (C=O) groups is 1. The number of amides is 1. The number of benzene rings is 3. The predicted molar refractivity (Wildman–Crippen MR) is 105 cm³/mol. The van der Waals surface area contributed by atoms with E-state index in [1.807, 2.05) is 48.5 Å². The highest BCUT2D eigenvalue weighted by molar-refractivity contribution is 6.31. The number of rotatable bonds is 5. The number of para-hydroxylation sites is 1. The van der Waals surface area contributed by atoms with Crippen molar-refractivity contribution in [3.63, 3.8) is 0 Å². The molecule has 0 radical (unpaired) electrons. The molecular weight excluding hydrogens is 381 g/mol. The van der Waals surface area contributed by atoms with Crippen molar-refractivity contribution in [2.75, 3.05) is 6.54 Å². The van der Waals surface area contributed by atoms with Crippen LogP contribution in [0, 0.1) is 5.82 Å². The SMILES string of the molecule is O=C(NCC1Cc2cc(Oc3ccccc3)ccc2O1)c1cc(Cl)ccc1F. The average Bonchev–Trinajstić information content (AvgIpc) is 3.11. The number of hydrogen-bond donors (Lipinski definition) is 1. The van der Waals surface area contributed by atoms with Crippen molar-refractivity contribution in [1.29, 1.82) is 0 Å². The van der Waals surface area contributed by atoms with Gasteiger partial charge in [-0.2, -0.15) is 0 Å². The average molecular weight is 398 g/mol. The fourth-order valence-corrected chi connectivity index (χ4v) is 3.24. The zero-order chi connectivity index (χ0) is 19.5. The van der Waals surface area contributed by atoms with E-state index in [4.69, 9.17) is 21.1 Å². The summed E-state index contributed by atoms with van der Waals surface area (Å²) in [6.07, 6.45) is 0.396. The zero-order valence-corrected chi connectivity index (χ0v) is 15.6. The van der Waals surface area contributed by atoms with Gasteiger partial charge in [0.2, 0.25) is 0 Å². The monoisotopic (exact) mass is 397 g/mol. The molecule has 0 spiro atoms. The molecule has 1 heterocycles. The molecule has 0 aliphatic carbocycles. The first kappa shape index (κ1) is 18.3. The van der Waals surface area contributed by atoms with E-state index in [2.05, 4.69) is 5.32 Å². The molecule has 0 bridgehead atoms. The molecule has 3 aromatic carbocycles. The summed E-state index contributed by atoms with van der Waals surface area (Å²) in [7, 11) is 0. The molecule has 28 heavy (non-hydrogen) atoms. The summed E-state index contributed by atoms with van der Waals surface area (Å²) in [5.41, 5.74) is 0.920. The highest BCUT2D eigenvalue weighted by Gasteiger charge is 2.24. The Labute approximate surface area is 166 Å². The molecule has 1 amide bonds. The lowest BCUT2D eigenvalue weighted by Gasteiger charge is -2.12. The second-order valence-corrected chi connectivity index (χ2v) is 6.90. The Morgan fingerprint density at radius 2 is 1.93 bits per heavy atom. The summed E-state index contributed by atoms with van der Waals surface area (Å²) in [5, 5.41) is 3.01. The largest absolute Gasteiger partial charge is 0.488 e. The van der Waals surface area contributed by atoms with E-state index in [-0.39, 0.29) is 18.2 Å². The van der Waals surface area contributed by atoms with E-state index in [0.717, 1.165) is 22.8 Å². The van der Waals surface area contributed by atoms with Crippen LogP contribution in [0.25, 0.3) is 0 Å². The molecule has 1 N–H and O–H groups in total. The Morgan fingerprint density at radius 3 is 2.75 bits per heavy atom. The number of halogens is 2. The topological polar surface area (TPSA) is 47.6 Å². The summed E-state index contributed by atoms with van der Waals surface area (Å²) in [6.45, 7) is 0.258. The Balaban J connectivity index is 1.37. The standard InChI is InChI=1S/C22H17ClFNO3/c23-15-6-8-20(24)19(12-15)22(26)25-13-18-11-14-10-17(7-9-21(14)28-18)27-16-4-2-1-3-5-16/h1-10,12,18H,11,13H2,(H,25,26). The minimum Gasteiger partial charge on any atom is -0.488 e. The van der Waals surface area contributed by atoms with Gasteiger partial charge in [0.15, 0.2) is 0 Å². The highest BCUT2D eigenvalue weighted by Crippen LogP contribution is 2.33. The van der Waals surface area contributed by atoms with Crippen LogP contribution in [0.2, 0.25) is 5.02 Å². The molecule has 1 aliphatic heterocycles. The molecule has 0 aromatic heterocycles. The third-order valence-corrected chi connectivity index (χ3v) is 4.65. The highest BCUT2D eigenvalue weighted by atomic mass is 35.5. The first-order valence-corrected chi connectivity index (χ1v) is 9.22. The first-order valence-electron chi connectivity index (χ1n) is 8.84. The van der Waals surface area contributed by atoms with Gasteiger partial charge in [-0.25, -0.2) is 4.39 Å². The van der Waals surface area contributed by atoms with Crippen LogP contribution in [-0.2, 0) is 6.42 Å². The lowest BCUT2D eigenvalue weighted by atomic mass is 10.1. The van der Waals surface area contributed by atoms with Crippen molar-refractivity contribution in [3.8, 4) is 17.2 Å². The van der Waals surface area contributed by atoms with E-state index in [1.165, 1.54) is 18.2 Å². The second-order valence-electron chi connectivity index (χ2n) is 6.46. The van der Waals surface area contributed by atoms with Crippen LogP contribution in [0.4, 0.5) is 4.39 Å². The fraction of sp³-hybridized carbons (Fsp3) is 0.136. The third kappa shape index (κ3) is 4.10.